The number of amides is 1. The van der Waals surface area contributed by atoms with Crippen molar-refractivity contribution in [2.24, 2.45) is 11.8 Å². The fourth-order valence-corrected chi connectivity index (χ4v) is 3.63. The van der Waals surface area contributed by atoms with Gasteiger partial charge < -0.3 is 5.32 Å². The molecule has 1 saturated heterocycles. The van der Waals surface area contributed by atoms with Gasteiger partial charge in [0.1, 0.15) is 0 Å². The first-order valence-corrected chi connectivity index (χ1v) is 8.01. The molecule has 1 aliphatic rings. The Morgan fingerprint density at radius 1 is 1.35 bits per heavy atom. The molecule has 1 fully saturated rings. The predicted molar refractivity (Wildman–Crippen MR) is 86.9 cm³/mol. The molecule has 1 aliphatic heterocycles. The first-order chi connectivity index (χ1) is 9.44. The second-order valence-corrected chi connectivity index (χ2v) is 7.03. The van der Waals surface area contributed by atoms with Crippen molar-refractivity contribution < 1.29 is 4.79 Å². The van der Waals surface area contributed by atoms with Crippen molar-refractivity contribution in [1.82, 2.24) is 4.90 Å². The molecule has 3 nitrogen and oxygen atoms in total. The fraction of sp³-hybridized carbons (Fsp3) is 0.562. The van der Waals surface area contributed by atoms with Crippen LogP contribution >= 0.6 is 15.9 Å². The molecule has 110 valence electrons. The number of hydrogen-bond donors (Lipinski definition) is 1. The van der Waals surface area contributed by atoms with Crippen LogP contribution in [0.2, 0.25) is 0 Å². The monoisotopic (exact) mass is 338 g/mol. The molecule has 4 heteroatoms. The van der Waals surface area contributed by atoms with Crippen LogP contribution in [0.1, 0.15) is 25.8 Å². The number of likely N-dealkylation sites (tertiary alicyclic amines) is 1. The lowest BCUT2D eigenvalue weighted by atomic mass is 9.92. The summed E-state index contributed by atoms with van der Waals surface area (Å²) in [5, 5.41) is 2.99. The number of hydrogen-bond acceptors (Lipinski definition) is 2. The molecule has 1 aromatic carbocycles. The zero-order valence-corrected chi connectivity index (χ0v) is 14.0. The molecule has 1 heterocycles. The number of aryl methyl sites for hydroxylation is 1. The molecule has 1 N–H and O–H groups in total. The number of anilines is 1. The number of halogens is 1. The maximum absolute atomic E-state index is 12.2. The quantitative estimate of drug-likeness (QED) is 0.911. The van der Waals surface area contributed by atoms with Gasteiger partial charge in [0, 0.05) is 17.6 Å². The van der Waals surface area contributed by atoms with Crippen LogP contribution in [0.25, 0.3) is 0 Å². The summed E-state index contributed by atoms with van der Waals surface area (Å²) in [6.45, 7) is 9.08. The maximum Gasteiger partial charge on any atom is 0.238 e. The molecule has 0 aromatic heterocycles. The molecule has 0 saturated carbocycles. The summed E-state index contributed by atoms with van der Waals surface area (Å²) in [5.41, 5.74) is 2.02. The summed E-state index contributed by atoms with van der Waals surface area (Å²) in [7, 11) is 0. The Labute approximate surface area is 129 Å². The van der Waals surface area contributed by atoms with E-state index in [2.05, 4.69) is 40.0 Å². The molecule has 2 unspecified atom stereocenters. The Kier molecular flexibility index (Phi) is 5.22. The van der Waals surface area contributed by atoms with E-state index in [-0.39, 0.29) is 5.91 Å². The third-order valence-electron chi connectivity index (χ3n) is 3.71. The van der Waals surface area contributed by atoms with Gasteiger partial charge in [0.2, 0.25) is 5.91 Å². The first kappa shape index (κ1) is 15.5. The summed E-state index contributed by atoms with van der Waals surface area (Å²) < 4.78 is 0.936. The average molecular weight is 339 g/mol. The largest absolute Gasteiger partial charge is 0.324 e. The van der Waals surface area contributed by atoms with Crippen molar-refractivity contribution in [3.8, 4) is 0 Å². The molecule has 20 heavy (non-hydrogen) atoms. The van der Waals surface area contributed by atoms with Crippen LogP contribution in [0.3, 0.4) is 0 Å². The zero-order chi connectivity index (χ0) is 14.7. The fourth-order valence-electron chi connectivity index (χ4n) is 3.04. The number of piperidine rings is 1. The third-order valence-corrected chi connectivity index (χ3v) is 4.37. The standard InChI is InChI=1S/C16H23BrN2O/c1-11-4-5-15(14(17)7-11)18-16(20)10-19-8-12(2)6-13(3)9-19/h4-5,7,12-13H,6,8-10H2,1-3H3,(H,18,20). The summed E-state index contributed by atoms with van der Waals surface area (Å²) in [6.07, 6.45) is 1.27. The van der Waals surface area contributed by atoms with E-state index in [0.717, 1.165) is 23.2 Å². The molecule has 1 amide bonds. The van der Waals surface area contributed by atoms with E-state index in [9.17, 15) is 4.79 Å². The average Bonchev–Trinajstić information content (AvgIpc) is 2.31. The van der Waals surface area contributed by atoms with Crippen LogP contribution < -0.4 is 5.32 Å². The van der Waals surface area contributed by atoms with E-state index in [4.69, 9.17) is 0 Å². The van der Waals surface area contributed by atoms with Gasteiger partial charge in [-0.3, -0.25) is 9.69 Å². The van der Waals surface area contributed by atoms with Crippen molar-refractivity contribution in [3.05, 3.63) is 28.2 Å². The van der Waals surface area contributed by atoms with E-state index in [1.165, 1.54) is 12.0 Å². The summed E-state index contributed by atoms with van der Waals surface area (Å²) in [4.78, 5) is 14.4. The van der Waals surface area contributed by atoms with Gasteiger partial charge >= 0.3 is 0 Å². The number of nitrogens with zero attached hydrogens (tertiary/aromatic N) is 1. The van der Waals surface area contributed by atoms with Crippen molar-refractivity contribution in [2.45, 2.75) is 27.2 Å². The second-order valence-electron chi connectivity index (χ2n) is 6.17. The van der Waals surface area contributed by atoms with Gasteiger partial charge in [0.15, 0.2) is 0 Å². The maximum atomic E-state index is 12.2. The predicted octanol–water partition coefficient (Wildman–Crippen LogP) is 3.67. The lowest BCUT2D eigenvalue weighted by molar-refractivity contribution is -0.117. The Morgan fingerprint density at radius 2 is 2.00 bits per heavy atom. The number of carbonyl (C=O) groups excluding carboxylic acids is 1. The Morgan fingerprint density at radius 3 is 2.60 bits per heavy atom. The van der Waals surface area contributed by atoms with E-state index in [0.29, 0.717) is 18.4 Å². The molecule has 2 atom stereocenters. The summed E-state index contributed by atoms with van der Waals surface area (Å²) in [5.74, 6) is 1.42. The zero-order valence-electron chi connectivity index (χ0n) is 12.4. The van der Waals surface area contributed by atoms with Gasteiger partial charge in [-0.1, -0.05) is 19.9 Å². The molecular weight excluding hydrogens is 316 g/mol. The highest BCUT2D eigenvalue weighted by atomic mass is 79.9. The van der Waals surface area contributed by atoms with Crippen LogP contribution in [-0.2, 0) is 4.79 Å². The van der Waals surface area contributed by atoms with Gasteiger partial charge in [-0.2, -0.15) is 0 Å². The molecule has 1 aromatic rings. The van der Waals surface area contributed by atoms with Gasteiger partial charge in [-0.15, -0.1) is 0 Å². The Bertz CT molecular complexity index is 479. The lowest BCUT2D eigenvalue weighted by Gasteiger charge is -2.34. The minimum absolute atomic E-state index is 0.0656. The normalized spacial score (nSPS) is 23.6. The topological polar surface area (TPSA) is 32.3 Å². The van der Waals surface area contributed by atoms with Gasteiger partial charge in [-0.05, 0) is 58.8 Å². The van der Waals surface area contributed by atoms with Gasteiger partial charge in [0.05, 0.1) is 12.2 Å². The lowest BCUT2D eigenvalue weighted by Crippen LogP contribution is -2.42. The highest BCUT2D eigenvalue weighted by Gasteiger charge is 2.23. The SMILES string of the molecule is Cc1ccc(NC(=O)CN2CC(C)CC(C)C2)c(Br)c1. The first-order valence-electron chi connectivity index (χ1n) is 7.22. The second kappa shape index (κ2) is 6.72. The van der Waals surface area contributed by atoms with Crippen molar-refractivity contribution in [1.29, 1.82) is 0 Å². The van der Waals surface area contributed by atoms with Crippen molar-refractivity contribution >= 4 is 27.5 Å². The van der Waals surface area contributed by atoms with Crippen LogP contribution in [0.5, 0.6) is 0 Å². The minimum atomic E-state index is 0.0656. The molecule has 2 rings (SSSR count). The van der Waals surface area contributed by atoms with Crippen molar-refractivity contribution in [3.63, 3.8) is 0 Å². The van der Waals surface area contributed by atoms with Crippen LogP contribution in [0, 0.1) is 18.8 Å². The third kappa shape index (κ3) is 4.32. The molecule has 0 radical (unpaired) electrons. The number of benzene rings is 1. The molecule has 0 aliphatic carbocycles. The van der Waals surface area contributed by atoms with Gasteiger partial charge in [0.25, 0.3) is 0 Å². The molecule has 0 bridgehead atoms. The highest BCUT2D eigenvalue weighted by Crippen LogP contribution is 2.24. The Balaban J connectivity index is 1.92. The van der Waals surface area contributed by atoms with Crippen LogP contribution in [-0.4, -0.2) is 30.4 Å². The van der Waals surface area contributed by atoms with E-state index in [1.54, 1.807) is 0 Å². The van der Waals surface area contributed by atoms with E-state index >= 15 is 0 Å². The smallest absolute Gasteiger partial charge is 0.238 e. The Hall–Kier alpha value is -0.870. The highest BCUT2D eigenvalue weighted by molar-refractivity contribution is 9.10. The van der Waals surface area contributed by atoms with E-state index < -0.39 is 0 Å². The molecule has 0 spiro atoms. The summed E-state index contributed by atoms with van der Waals surface area (Å²) in [6, 6.07) is 5.96. The van der Waals surface area contributed by atoms with Crippen LogP contribution in [0.15, 0.2) is 22.7 Å². The van der Waals surface area contributed by atoms with Crippen LogP contribution in [0.4, 0.5) is 5.69 Å². The number of carbonyl (C=O) groups is 1. The van der Waals surface area contributed by atoms with Crippen molar-refractivity contribution in [2.75, 3.05) is 25.0 Å². The van der Waals surface area contributed by atoms with E-state index in [1.807, 2.05) is 25.1 Å². The number of nitrogens with one attached hydrogen (secondary N) is 1. The molecular formula is C16H23BrN2O. The minimum Gasteiger partial charge on any atom is -0.324 e. The summed E-state index contributed by atoms with van der Waals surface area (Å²) >= 11 is 3.49. The van der Waals surface area contributed by atoms with Gasteiger partial charge in [-0.25, -0.2) is 0 Å². The number of rotatable bonds is 3.